The number of hydrogen-bond donors (Lipinski definition) is 1. The number of piperidine rings is 1. The van der Waals surface area contributed by atoms with E-state index in [-0.39, 0.29) is 6.10 Å². The van der Waals surface area contributed by atoms with Crippen LogP contribution < -0.4 is 14.8 Å². The Morgan fingerprint density at radius 2 is 1.95 bits per heavy atom. The summed E-state index contributed by atoms with van der Waals surface area (Å²) in [5.41, 5.74) is 0. The molecule has 0 spiro atoms. The lowest BCUT2D eigenvalue weighted by molar-refractivity contribution is 0.120. The topological polar surface area (TPSA) is 30.5 Å². The van der Waals surface area contributed by atoms with Gasteiger partial charge in [0, 0.05) is 12.5 Å². The lowest BCUT2D eigenvalue weighted by atomic mass is 9.86. The van der Waals surface area contributed by atoms with Crippen molar-refractivity contribution in [3.8, 4) is 11.5 Å². The van der Waals surface area contributed by atoms with Gasteiger partial charge < -0.3 is 14.8 Å². The van der Waals surface area contributed by atoms with E-state index in [1.807, 2.05) is 24.3 Å². The normalized spacial score (nSPS) is 24.1. The summed E-state index contributed by atoms with van der Waals surface area (Å²) in [6.07, 6.45) is 6.71. The number of hydrogen-bond acceptors (Lipinski definition) is 3. The molecule has 0 aromatic heterocycles. The number of benzene rings is 1. The zero-order valence-electron chi connectivity index (χ0n) is 13.0. The molecule has 3 heteroatoms. The van der Waals surface area contributed by atoms with Gasteiger partial charge in [-0.2, -0.15) is 0 Å². The third-order valence-corrected chi connectivity index (χ3v) is 4.86. The lowest BCUT2D eigenvalue weighted by Gasteiger charge is -2.30. The van der Waals surface area contributed by atoms with Crippen LogP contribution in [0.15, 0.2) is 24.3 Å². The van der Waals surface area contributed by atoms with Crippen molar-refractivity contribution >= 4 is 0 Å². The Morgan fingerprint density at radius 1 is 1.14 bits per heavy atom. The molecule has 0 radical (unpaired) electrons. The predicted octanol–water partition coefficient (Wildman–Crippen LogP) is 3.63. The molecule has 1 aromatic rings. The molecule has 2 aliphatic rings. The summed E-state index contributed by atoms with van der Waals surface area (Å²) < 4.78 is 12.2. The average molecular weight is 289 g/mol. The van der Waals surface area contributed by atoms with Crippen molar-refractivity contribution in [3.05, 3.63) is 24.3 Å². The third kappa shape index (κ3) is 3.91. The highest BCUT2D eigenvalue weighted by Crippen LogP contribution is 2.32. The molecule has 0 unspecified atom stereocenters. The highest BCUT2D eigenvalue weighted by molar-refractivity contribution is 5.39. The van der Waals surface area contributed by atoms with Crippen molar-refractivity contribution in [1.82, 2.24) is 5.32 Å². The monoisotopic (exact) mass is 289 g/mol. The molecule has 21 heavy (non-hydrogen) atoms. The maximum Gasteiger partial charge on any atom is 0.161 e. The molecule has 3 rings (SSSR count). The number of para-hydroxylation sites is 2. The van der Waals surface area contributed by atoms with Gasteiger partial charge in [0.25, 0.3) is 0 Å². The Morgan fingerprint density at radius 3 is 2.62 bits per heavy atom. The van der Waals surface area contributed by atoms with Crippen LogP contribution in [0, 0.1) is 11.8 Å². The highest BCUT2D eigenvalue weighted by Gasteiger charge is 2.23. The maximum absolute atomic E-state index is 6.20. The minimum Gasteiger partial charge on any atom is -0.489 e. The van der Waals surface area contributed by atoms with Crippen molar-refractivity contribution in [2.45, 2.75) is 45.1 Å². The van der Waals surface area contributed by atoms with Crippen LogP contribution >= 0.6 is 0 Å². The molecule has 1 aliphatic heterocycles. The average Bonchev–Trinajstić information content (AvgIpc) is 2.48. The smallest absolute Gasteiger partial charge is 0.161 e. The molecule has 0 amide bonds. The standard InChI is InChI=1S/C18H27NO2/c1-14(16-8-5-11-19-12-16)21-18-10-3-2-9-17(18)20-13-15-6-4-7-15/h2-3,9-10,14-16,19H,4-8,11-13H2,1H3/t14-,16-/m0/s1. The molecule has 1 saturated heterocycles. The minimum atomic E-state index is 0.228. The Bertz CT molecular complexity index is 439. The minimum absolute atomic E-state index is 0.228. The third-order valence-electron chi connectivity index (χ3n) is 4.86. The quantitative estimate of drug-likeness (QED) is 0.867. The first-order valence-electron chi connectivity index (χ1n) is 8.42. The summed E-state index contributed by atoms with van der Waals surface area (Å²) in [5, 5.41) is 3.46. The van der Waals surface area contributed by atoms with Crippen molar-refractivity contribution in [1.29, 1.82) is 0 Å². The predicted molar refractivity (Wildman–Crippen MR) is 85.0 cm³/mol. The van der Waals surface area contributed by atoms with Gasteiger partial charge >= 0.3 is 0 Å². The first-order valence-corrected chi connectivity index (χ1v) is 8.42. The maximum atomic E-state index is 6.20. The molecule has 1 aromatic carbocycles. The van der Waals surface area contributed by atoms with E-state index in [1.165, 1.54) is 32.1 Å². The molecule has 2 fully saturated rings. The van der Waals surface area contributed by atoms with Crippen LogP contribution in [-0.2, 0) is 0 Å². The summed E-state index contributed by atoms with van der Waals surface area (Å²) in [5.74, 6) is 3.14. The SMILES string of the molecule is C[C@H](Oc1ccccc1OCC1CCC1)[C@H]1CCCNC1. The molecule has 0 bridgehead atoms. The van der Waals surface area contributed by atoms with Gasteiger partial charge in [-0.1, -0.05) is 18.6 Å². The second kappa shape index (κ2) is 7.17. The Labute approximate surface area is 128 Å². The Hall–Kier alpha value is -1.22. The summed E-state index contributed by atoms with van der Waals surface area (Å²) >= 11 is 0. The van der Waals surface area contributed by atoms with Gasteiger partial charge in [0.05, 0.1) is 6.61 Å². The number of rotatable bonds is 6. The Balaban J connectivity index is 1.57. The fraction of sp³-hybridized carbons (Fsp3) is 0.667. The number of nitrogens with one attached hydrogen (secondary N) is 1. The zero-order valence-corrected chi connectivity index (χ0v) is 13.0. The molecule has 1 saturated carbocycles. The molecule has 1 N–H and O–H groups in total. The molecule has 2 atom stereocenters. The van der Waals surface area contributed by atoms with Crippen molar-refractivity contribution in [2.75, 3.05) is 19.7 Å². The molecular formula is C18H27NO2. The fourth-order valence-corrected chi connectivity index (χ4v) is 3.11. The summed E-state index contributed by atoms with van der Waals surface area (Å²) in [6.45, 7) is 5.22. The van der Waals surface area contributed by atoms with E-state index >= 15 is 0 Å². The van der Waals surface area contributed by atoms with E-state index in [0.29, 0.717) is 5.92 Å². The second-order valence-corrected chi connectivity index (χ2v) is 6.48. The molecule has 3 nitrogen and oxygen atoms in total. The number of ether oxygens (including phenoxy) is 2. The summed E-state index contributed by atoms with van der Waals surface area (Å²) in [4.78, 5) is 0. The van der Waals surface area contributed by atoms with Gasteiger partial charge in [0.15, 0.2) is 11.5 Å². The van der Waals surface area contributed by atoms with Gasteiger partial charge in [0.2, 0.25) is 0 Å². The van der Waals surface area contributed by atoms with Gasteiger partial charge in [-0.3, -0.25) is 0 Å². The van der Waals surface area contributed by atoms with Crippen LogP contribution in [0.3, 0.4) is 0 Å². The van der Waals surface area contributed by atoms with E-state index in [0.717, 1.165) is 37.1 Å². The molecule has 1 aliphatic carbocycles. The van der Waals surface area contributed by atoms with E-state index in [1.54, 1.807) is 0 Å². The van der Waals surface area contributed by atoms with Gasteiger partial charge in [-0.15, -0.1) is 0 Å². The van der Waals surface area contributed by atoms with Crippen LogP contribution in [-0.4, -0.2) is 25.8 Å². The van der Waals surface area contributed by atoms with Crippen LogP contribution in [0.2, 0.25) is 0 Å². The summed E-state index contributed by atoms with van der Waals surface area (Å²) in [6, 6.07) is 8.11. The zero-order chi connectivity index (χ0) is 14.5. The van der Waals surface area contributed by atoms with Crippen LogP contribution in [0.4, 0.5) is 0 Å². The molecular weight excluding hydrogens is 262 g/mol. The Kier molecular flexibility index (Phi) is 5.02. The van der Waals surface area contributed by atoms with Crippen molar-refractivity contribution in [2.24, 2.45) is 11.8 Å². The first-order chi connectivity index (χ1) is 10.3. The van der Waals surface area contributed by atoms with E-state index < -0.39 is 0 Å². The summed E-state index contributed by atoms with van der Waals surface area (Å²) in [7, 11) is 0. The first kappa shape index (κ1) is 14.7. The van der Waals surface area contributed by atoms with Crippen molar-refractivity contribution in [3.63, 3.8) is 0 Å². The van der Waals surface area contributed by atoms with Gasteiger partial charge in [-0.05, 0) is 57.2 Å². The largest absolute Gasteiger partial charge is 0.489 e. The van der Waals surface area contributed by atoms with Gasteiger partial charge in [0.1, 0.15) is 6.10 Å². The molecule has 1 heterocycles. The molecule has 116 valence electrons. The highest BCUT2D eigenvalue weighted by atomic mass is 16.5. The van der Waals surface area contributed by atoms with Crippen LogP contribution in [0.1, 0.15) is 39.0 Å². The second-order valence-electron chi connectivity index (χ2n) is 6.48. The van der Waals surface area contributed by atoms with E-state index in [4.69, 9.17) is 9.47 Å². The van der Waals surface area contributed by atoms with Crippen LogP contribution in [0.25, 0.3) is 0 Å². The van der Waals surface area contributed by atoms with Crippen LogP contribution in [0.5, 0.6) is 11.5 Å². The van der Waals surface area contributed by atoms with E-state index in [2.05, 4.69) is 12.2 Å². The van der Waals surface area contributed by atoms with E-state index in [9.17, 15) is 0 Å². The van der Waals surface area contributed by atoms with Crippen molar-refractivity contribution < 1.29 is 9.47 Å². The van der Waals surface area contributed by atoms with Gasteiger partial charge in [-0.25, -0.2) is 0 Å². The fourth-order valence-electron chi connectivity index (χ4n) is 3.11. The lowest BCUT2D eigenvalue weighted by Crippen LogP contribution is -2.37.